The lowest BCUT2D eigenvalue weighted by Gasteiger charge is -2.19. The molecule has 3 rings (SSSR count). The number of pyridine rings is 1. The van der Waals surface area contributed by atoms with E-state index in [0.29, 0.717) is 16.8 Å². The highest BCUT2D eigenvalue weighted by molar-refractivity contribution is 6.05. The Kier molecular flexibility index (Phi) is 6.20. The molecule has 0 atom stereocenters. The molecule has 7 heteroatoms. The van der Waals surface area contributed by atoms with E-state index in [1.54, 1.807) is 19.3 Å². The van der Waals surface area contributed by atoms with Gasteiger partial charge in [0.1, 0.15) is 5.69 Å². The number of urea groups is 1. The van der Waals surface area contributed by atoms with E-state index >= 15 is 0 Å². The van der Waals surface area contributed by atoms with Crippen molar-refractivity contribution in [2.24, 2.45) is 12.8 Å². The Morgan fingerprint density at radius 3 is 2.22 bits per heavy atom. The SMILES string of the molecule is Cc1c(NC(=O)c2ccc(C(C)(C)C)cc2)cccc1-c1cc(NC(N)=O)c(=O)n(C)c1. The Morgan fingerprint density at radius 2 is 1.62 bits per heavy atom. The summed E-state index contributed by atoms with van der Waals surface area (Å²) in [4.78, 5) is 36.3. The molecule has 7 nitrogen and oxygen atoms in total. The van der Waals surface area contributed by atoms with Crippen LogP contribution in [-0.4, -0.2) is 16.5 Å². The van der Waals surface area contributed by atoms with Gasteiger partial charge in [-0.15, -0.1) is 0 Å². The summed E-state index contributed by atoms with van der Waals surface area (Å²) in [5.41, 5.74) is 9.65. The first-order chi connectivity index (χ1) is 15.0. The molecular weight excluding hydrogens is 404 g/mol. The lowest BCUT2D eigenvalue weighted by molar-refractivity contribution is 0.102. The fourth-order valence-corrected chi connectivity index (χ4v) is 3.48. The molecule has 32 heavy (non-hydrogen) atoms. The highest BCUT2D eigenvalue weighted by Gasteiger charge is 2.16. The summed E-state index contributed by atoms with van der Waals surface area (Å²) in [7, 11) is 1.60. The Balaban J connectivity index is 1.92. The van der Waals surface area contributed by atoms with Gasteiger partial charge in [0, 0.05) is 30.1 Å². The first-order valence-corrected chi connectivity index (χ1v) is 10.3. The summed E-state index contributed by atoms with van der Waals surface area (Å²) in [5.74, 6) is -0.206. The average molecular weight is 433 g/mol. The number of amides is 3. The van der Waals surface area contributed by atoms with Crippen LogP contribution in [0, 0.1) is 6.92 Å². The molecule has 3 aromatic rings. The quantitative estimate of drug-likeness (QED) is 0.569. The Morgan fingerprint density at radius 1 is 0.969 bits per heavy atom. The number of nitrogens with one attached hydrogen (secondary N) is 2. The number of benzene rings is 2. The number of nitrogens with zero attached hydrogens (tertiary/aromatic N) is 1. The number of carbonyl (C=O) groups excluding carboxylic acids is 2. The maximum atomic E-state index is 12.8. The molecule has 0 spiro atoms. The predicted octanol–water partition coefficient (Wildman–Crippen LogP) is 4.40. The monoisotopic (exact) mass is 432 g/mol. The smallest absolute Gasteiger partial charge is 0.316 e. The molecule has 4 N–H and O–H groups in total. The molecule has 0 fully saturated rings. The van der Waals surface area contributed by atoms with Gasteiger partial charge in [0.25, 0.3) is 11.5 Å². The maximum Gasteiger partial charge on any atom is 0.316 e. The van der Waals surface area contributed by atoms with Gasteiger partial charge in [0.2, 0.25) is 0 Å². The summed E-state index contributed by atoms with van der Waals surface area (Å²) >= 11 is 0. The molecule has 166 valence electrons. The molecule has 2 aromatic carbocycles. The van der Waals surface area contributed by atoms with Crippen molar-refractivity contribution < 1.29 is 9.59 Å². The zero-order valence-electron chi connectivity index (χ0n) is 18.9. The van der Waals surface area contributed by atoms with Crippen molar-refractivity contribution in [3.8, 4) is 11.1 Å². The van der Waals surface area contributed by atoms with Crippen LogP contribution in [0.15, 0.2) is 59.5 Å². The average Bonchev–Trinajstić information content (AvgIpc) is 2.72. The number of hydrogen-bond donors (Lipinski definition) is 3. The van der Waals surface area contributed by atoms with Gasteiger partial charge >= 0.3 is 6.03 Å². The molecule has 0 aliphatic rings. The van der Waals surface area contributed by atoms with Crippen LogP contribution in [0.1, 0.15) is 42.3 Å². The van der Waals surface area contributed by atoms with Crippen LogP contribution in [0.4, 0.5) is 16.2 Å². The van der Waals surface area contributed by atoms with Crippen molar-refractivity contribution in [2.75, 3.05) is 10.6 Å². The van der Waals surface area contributed by atoms with Gasteiger partial charge in [-0.25, -0.2) is 4.79 Å². The van der Waals surface area contributed by atoms with Crippen LogP contribution in [0.2, 0.25) is 0 Å². The Bertz CT molecular complexity index is 1240. The van der Waals surface area contributed by atoms with Crippen LogP contribution < -0.4 is 21.9 Å². The second kappa shape index (κ2) is 8.70. The van der Waals surface area contributed by atoms with Gasteiger partial charge in [-0.05, 0) is 53.3 Å². The van der Waals surface area contributed by atoms with E-state index < -0.39 is 6.03 Å². The minimum Gasteiger partial charge on any atom is -0.351 e. The van der Waals surface area contributed by atoms with Crippen molar-refractivity contribution in [2.45, 2.75) is 33.1 Å². The molecule has 1 heterocycles. The highest BCUT2D eigenvalue weighted by atomic mass is 16.2. The third-order valence-corrected chi connectivity index (χ3v) is 5.35. The van der Waals surface area contributed by atoms with Crippen molar-refractivity contribution in [1.29, 1.82) is 0 Å². The van der Waals surface area contributed by atoms with Crippen LogP contribution in [0.25, 0.3) is 11.1 Å². The second-order valence-corrected chi connectivity index (χ2v) is 8.81. The van der Waals surface area contributed by atoms with Gasteiger partial charge in [-0.1, -0.05) is 45.0 Å². The van der Waals surface area contributed by atoms with Crippen molar-refractivity contribution in [1.82, 2.24) is 4.57 Å². The molecule has 0 radical (unpaired) electrons. The number of anilines is 2. The summed E-state index contributed by atoms with van der Waals surface area (Å²) in [6.45, 7) is 8.27. The maximum absolute atomic E-state index is 12.8. The molecule has 0 saturated carbocycles. The van der Waals surface area contributed by atoms with Crippen molar-refractivity contribution in [3.63, 3.8) is 0 Å². The molecule has 3 amide bonds. The number of carbonyl (C=O) groups is 2. The normalized spacial score (nSPS) is 11.2. The van der Waals surface area contributed by atoms with Gasteiger partial charge in [0.05, 0.1) is 0 Å². The Labute approximate surface area is 187 Å². The Hall–Kier alpha value is -3.87. The number of nitrogens with two attached hydrogens (primary N) is 1. The van der Waals surface area contributed by atoms with Crippen molar-refractivity contribution in [3.05, 3.63) is 81.8 Å². The predicted molar refractivity (Wildman–Crippen MR) is 128 cm³/mol. The summed E-state index contributed by atoms with van der Waals surface area (Å²) in [5, 5.41) is 5.33. The van der Waals surface area contributed by atoms with Crippen LogP contribution in [0.3, 0.4) is 0 Å². The largest absolute Gasteiger partial charge is 0.351 e. The van der Waals surface area contributed by atoms with E-state index in [1.165, 1.54) is 4.57 Å². The lowest BCUT2D eigenvalue weighted by atomic mass is 9.86. The molecule has 0 saturated heterocycles. The minimum absolute atomic E-state index is 0.0118. The van der Waals surface area contributed by atoms with Crippen LogP contribution in [0.5, 0.6) is 0 Å². The van der Waals surface area contributed by atoms with Crippen LogP contribution in [-0.2, 0) is 12.5 Å². The van der Waals surface area contributed by atoms with Gasteiger partial charge in [0.15, 0.2) is 0 Å². The second-order valence-electron chi connectivity index (χ2n) is 8.81. The van der Waals surface area contributed by atoms with E-state index in [9.17, 15) is 14.4 Å². The van der Waals surface area contributed by atoms with Gasteiger partial charge < -0.3 is 20.9 Å². The molecule has 0 unspecified atom stereocenters. The summed E-state index contributed by atoms with van der Waals surface area (Å²) < 4.78 is 1.38. The van der Waals surface area contributed by atoms with Crippen LogP contribution >= 0.6 is 0 Å². The van der Waals surface area contributed by atoms with E-state index in [1.807, 2.05) is 49.4 Å². The molecule has 0 aliphatic carbocycles. The number of aromatic nitrogens is 1. The van der Waals surface area contributed by atoms with Gasteiger partial charge in [-0.3, -0.25) is 9.59 Å². The summed E-state index contributed by atoms with van der Waals surface area (Å²) in [6.07, 6.45) is 1.67. The highest BCUT2D eigenvalue weighted by Crippen LogP contribution is 2.30. The topological polar surface area (TPSA) is 106 Å². The van der Waals surface area contributed by atoms with E-state index in [0.717, 1.165) is 16.7 Å². The van der Waals surface area contributed by atoms with E-state index in [4.69, 9.17) is 5.73 Å². The van der Waals surface area contributed by atoms with E-state index in [2.05, 4.69) is 31.4 Å². The van der Waals surface area contributed by atoms with Crippen molar-refractivity contribution >= 4 is 23.3 Å². The standard InChI is InChI=1S/C25H28N4O3/c1-15-19(17-13-21(28-24(26)32)23(31)29(5)14-17)7-6-8-20(15)27-22(30)16-9-11-18(12-10-16)25(2,3)4/h6-14H,1-5H3,(H,27,30)(H3,26,28,32). The number of primary amides is 1. The third-order valence-electron chi connectivity index (χ3n) is 5.35. The van der Waals surface area contributed by atoms with Gasteiger partial charge in [-0.2, -0.15) is 0 Å². The number of hydrogen-bond acceptors (Lipinski definition) is 3. The molecule has 0 aliphatic heterocycles. The summed E-state index contributed by atoms with van der Waals surface area (Å²) in [6, 6.07) is 13.9. The minimum atomic E-state index is -0.811. The fraction of sp³-hybridized carbons (Fsp3) is 0.240. The molecular formula is C25H28N4O3. The number of rotatable bonds is 4. The van der Waals surface area contributed by atoms with E-state index in [-0.39, 0.29) is 22.6 Å². The molecule has 0 bridgehead atoms. The zero-order chi connectivity index (χ0) is 23.6. The zero-order valence-corrected chi connectivity index (χ0v) is 18.9. The first-order valence-electron chi connectivity index (χ1n) is 10.3. The lowest BCUT2D eigenvalue weighted by Crippen LogP contribution is -2.27. The molecule has 1 aromatic heterocycles. The third kappa shape index (κ3) is 4.88. The fourth-order valence-electron chi connectivity index (χ4n) is 3.48. The number of aryl methyl sites for hydroxylation is 1. The first kappa shape index (κ1) is 22.8.